The summed E-state index contributed by atoms with van der Waals surface area (Å²) in [5.74, 6) is -2.07. The molecule has 0 radical (unpaired) electrons. The van der Waals surface area contributed by atoms with Gasteiger partial charge in [0.2, 0.25) is 17.7 Å². The van der Waals surface area contributed by atoms with E-state index in [2.05, 4.69) is 56.6 Å². The molecule has 0 fully saturated rings. The van der Waals surface area contributed by atoms with E-state index in [0.717, 1.165) is 31.2 Å². The fraction of sp³-hybridized carbons (Fsp3) is 0.484. The number of allylic oxidation sites excluding steroid dienone is 5. The first-order valence-electron chi connectivity index (χ1n) is 13.6. The average molecular weight is 572 g/mol. The summed E-state index contributed by atoms with van der Waals surface area (Å²) >= 11 is 1.40. The van der Waals surface area contributed by atoms with E-state index in [1.165, 1.54) is 28.5 Å². The maximum Gasteiger partial charge on any atom is 0.327 e. The minimum atomic E-state index is -1.17. The summed E-state index contributed by atoms with van der Waals surface area (Å²) in [6, 6.07) is 6.80. The van der Waals surface area contributed by atoms with E-state index in [0.29, 0.717) is 5.75 Å². The maximum atomic E-state index is 12.9. The summed E-state index contributed by atoms with van der Waals surface area (Å²) in [5, 5.41) is 14.8. The van der Waals surface area contributed by atoms with E-state index in [9.17, 15) is 24.3 Å². The van der Waals surface area contributed by atoms with Crippen LogP contribution in [0.1, 0.15) is 71.8 Å². The number of aliphatic carboxylic acids is 1. The molecular weight excluding hydrogens is 526 g/mol. The molecule has 2 atom stereocenters. The standard InChI is InChI=1S/C31H45N3O5S/c1-22(2)10-8-11-23(3)12-9-13-24(4)18-19-40-21-27(31(38)39)34-30(37)26(16-17-28(32)35)33-29(36)20-25-14-6-5-7-15-25/h5-7,10,12,14-15,18,26-27H,8-9,11,13,16-17,19-21H2,1-4H3,(H2,32,35)(H,33,36)(H,34,37)(H,38,39)/b23-12+,24-18+/t26?,27-/m0/s1. The zero-order valence-corrected chi connectivity index (χ0v) is 25.0. The number of carboxylic acid groups (broad SMARTS) is 1. The number of nitrogens with one attached hydrogen (secondary N) is 2. The highest BCUT2D eigenvalue weighted by Gasteiger charge is 2.26. The summed E-state index contributed by atoms with van der Waals surface area (Å²) < 4.78 is 0. The normalized spacial score (nSPS) is 13.2. The van der Waals surface area contributed by atoms with Crippen molar-refractivity contribution in [2.45, 2.75) is 84.7 Å². The van der Waals surface area contributed by atoms with Gasteiger partial charge in [0.1, 0.15) is 12.1 Å². The van der Waals surface area contributed by atoms with Crippen molar-refractivity contribution in [2.75, 3.05) is 11.5 Å². The van der Waals surface area contributed by atoms with Crippen LogP contribution in [0.5, 0.6) is 0 Å². The van der Waals surface area contributed by atoms with Crippen LogP contribution in [-0.2, 0) is 25.6 Å². The number of nitrogens with two attached hydrogens (primary N) is 1. The number of carboxylic acids is 1. The van der Waals surface area contributed by atoms with Crippen LogP contribution in [0.15, 0.2) is 65.3 Å². The Morgan fingerprint density at radius 1 is 0.875 bits per heavy atom. The molecule has 8 nitrogen and oxygen atoms in total. The van der Waals surface area contributed by atoms with Gasteiger partial charge >= 0.3 is 5.97 Å². The molecule has 0 spiro atoms. The second kappa shape index (κ2) is 19.7. The minimum Gasteiger partial charge on any atom is -0.480 e. The Morgan fingerprint density at radius 2 is 1.50 bits per heavy atom. The van der Waals surface area contributed by atoms with Crippen LogP contribution in [0.4, 0.5) is 0 Å². The van der Waals surface area contributed by atoms with E-state index in [4.69, 9.17) is 5.73 Å². The number of thioether (sulfide) groups is 1. The van der Waals surface area contributed by atoms with E-state index >= 15 is 0 Å². The first-order valence-corrected chi connectivity index (χ1v) is 14.8. The quantitative estimate of drug-likeness (QED) is 0.140. The van der Waals surface area contributed by atoms with Gasteiger partial charge in [0.05, 0.1) is 6.42 Å². The molecule has 0 aromatic heterocycles. The van der Waals surface area contributed by atoms with Crippen LogP contribution in [0.25, 0.3) is 0 Å². The van der Waals surface area contributed by atoms with Crippen molar-refractivity contribution in [1.82, 2.24) is 10.6 Å². The largest absolute Gasteiger partial charge is 0.480 e. The molecule has 0 aliphatic carbocycles. The molecular formula is C31H45N3O5S. The Bertz CT molecular complexity index is 1060. The number of rotatable bonds is 19. The smallest absolute Gasteiger partial charge is 0.327 e. The molecule has 0 saturated carbocycles. The Kier molecular flexibility index (Phi) is 17.1. The van der Waals surface area contributed by atoms with Gasteiger partial charge in [-0.2, -0.15) is 11.8 Å². The third-order valence-corrected chi connectivity index (χ3v) is 7.08. The lowest BCUT2D eigenvalue weighted by Crippen LogP contribution is -2.52. The van der Waals surface area contributed by atoms with Gasteiger partial charge < -0.3 is 21.5 Å². The van der Waals surface area contributed by atoms with E-state index in [-0.39, 0.29) is 25.0 Å². The predicted molar refractivity (Wildman–Crippen MR) is 163 cm³/mol. The van der Waals surface area contributed by atoms with Crippen LogP contribution in [-0.4, -0.2) is 52.4 Å². The molecule has 1 rings (SSSR count). The Balaban J connectivity index is 2.59. The highest BCUT2D eigenvalue weighted by Crippen LogP contribution is 2.13. The molecule has 3 amide bonds. The third-order valence-electron chi connectivity index (χ3n) is 6.11. The Hall–Kier alpha value is -3.33. The molecule has 0 heterocycles. The monoisotopic (exact) mass is 571 g/mol. The number of carbonyl (C=O) groups excluding carboxylic acids is 3. The average Bonchev–Trinajstić information content (AvgIpc) is 2.88. The molecule has 40 heavy (non-hydrogen) atoms. The second-order valence-corrected chi connectivity index (χ2v) is 11.3. The van der Waals surface area contributed by atoms with Crippen LogP contribution in [0, 0.1) is 0 Å². The van der Waals surface area contributed by atoms with Crippen molar-refractivity contribution in [3.05, 3.63) is 70.8 Å². The van der Waals surface area contributed by atoms with Gasteiger partial charge in [0, 0.05) is 17.9 Å². The molecule has 5 N–H and O–H groups in total. The summed E-state index contributed by atoms with van der Waals surface area (Å²) in [5.41, 5.74) is 9.94. The van der Waals surface area contributed by atoms with Crippen LogP contribution in [0.3, 0.4) is 0 Å². The number of benzene rings is 1. The van der Waals surface area contributed by atoms with Gasteiger partial charge in [-0.3, -0.25) is 14.4 Å². The summed E-state index contributed by atoms with van der Waals surface area (Å²) in [6.45, 7) is 8.43. The lowest BCUT2D eigenvalue weighted by atomic mass is 10.1. The van der Waals surface area contributed by atoms with Gasteiger partial charge in [-0.1, -0.05) is 65.3 Å². The minimum absolute atomic E-state index is 0.0218. The molecule has 0 aliphatic rings. The molecule has 220 valence electrons. The van der Waals surface area contributed by atoms with Crippen LogP contribution < -0.4 is 16.4 Å². The Morgan fingerprint density at radius 3 is 2.10 bits per heavy atom. The van der Waals surface area contributed by atoms with Crippen molar-refractivity contribution in [3.63, 3.8) is 0 Å². The molecule has 9 heteroatoms. The van der Waals surface area contributed by atoms with Crippen LogP contribution >= 0.6 is 11.8 Å². The van der Waals surface area contributed by atoms with Crippen molar-refractivity contribution in [1.29, 1.82) is 0 Å². The lowest BCUT2D eigenvalue weighted by Gasteiger charge is -2.21. The highest BCUT2D eigenvalue weighted by atomic mass is 32.2. The number of amides is 3. The predicted octanol–water partition coefficient (Wildman–Crippen LogP) is 4.70. The highest BCUT2D eigenvalue weighted by molar-refractivity contribution is 7.99. The van der Waals surface area contributed by atoms with Gasteiger partial charge in [-0.25, -0.2) is 4.79 Å². The zero-order chi connectivity index (χ0) is 29.9. The summed E-state index contributed by atoms with van der Waals surface area (Å²) in [4.78, 5) is 48.5. The lowest BCUT2D eigenvalue weighted by molar-refractivity contribution is -0.141. The first-order chi connectivity index (χ1) is 19.0. The second-order valence-electron chi connectivity index (χ2n) is 10.2. The van der Waals surface area contributed by atoms with E-state index < -0.39 is 35.8 Å². The Labute approximate surface area is 242 Å². The number of carbonyl (C=O) groups is 4. The van der Waals surface area contributed by atoms with Gasteiger partial charge in [0.15, 0.2) is 0 Å². The van der Waals surface area contributed by atoms with Crippen molar-refractivity contribution >= 4 is 35.5 Å². The number of hydrogen-bond donors (Lipinski definition) is 4. The molecule has 1 aromatic rings. The summed E-state index contributed by atoms with van der Waals surface area (Å²) in [7, 11) is 0. The first kappa shape index (κ1) is 34.7. The third kappa shape index (κ3) is 16.6. The van der Waals surface area contributed by atoms with Crippen molar-refractivity contribution in [3.8, 4) is 0 Å². The van der Waals surface area contributed by atoms with Gasteiger partial charge in [-0.15, -0.1) is 0 Å². The molecule has 1 aromatic carbocycles. The molecule has 0 bridgehead atoms. The molecule has 1 unspecified atom stereocenters. The fourth-order valence-electron chi connectivity index (χ4n) is 3.75. The van der Waals surface area contributed by atoms with Crippen molar-refractivity contribution in [2.24, 2.45) is 5.73 Å². The number of hydrogen-bond acceptors (Lipinski definition) is 5. The zero-order valence-electron chi connectivity index (χ0n) is 24.2. The molecule has 0 aliphatic heterocycles. The topological polar surface area (TPSA) is 139 Å². The van der Waals surface area contributed by atoms with Gasteiger partial charge in [0.25, 0.3) is 0 Å². The van der Waals surface area contributed by atoms with Crippen molar-refractivity contribution < 1.29 is 24.3 Å². The number of primary amides is 1. The SMILES string of the molecule is CC(C)=CCC/C(C)=C/CC/C(C)=C/CSC[C@H](NC(=O)C(CCC(N)=O)NC(=O)Cc1ccccc1)C(=O)O. The molecule has 0 saturated heterocycles. The van der Waals surface area contributed by atoms with Crippen LogP contribution in [0.2, 0.25) is 0 Å². The van der Waals surface area contributed by atoms with E-state index in [1.807, 2.05) is 6.07 Å². The van der Waals surface area contributed by atoms with E-state index in [1.54, 1.807) is 24.3 Å². The maximum absolute atomic E-state index is 12.9. The van der Waals surface area contributed by atoms with Gasteiger partial charge in [-0.05, 0) is 65.4 Å². The fourth-order valence-corrected chi connectivity index (χ4v) is 4.76. The summed E-state index contributed by atoms with van der Waals surface area (Å²) in [6.07, 6.45) is 10.5.